The summed E-state index contributed by atoms with van der Waals surface area (Å²) < 4.78 is 19.0. The zero-order valence-electron chi connectivity index (χ0n) is 13.8. The number of aromatic nitrogens is 2. The zero-order chi connectivity index (χ0) is 18.2. The van der Waals surface area contributed by atoms with Crippen molar-refractivity contribution in [3.05, 3.63) is 72.8 Å². The van der Waals surface area contributed by atoms with Crippen LogP contribution >= 0.6 is 11.8 Å². The number of hydrogen-bond donors (Lipinski definition) is 1. The first kappa shape index (κ1) is 17.9. The normalized spacial score (nSPS) is 10.3. The Balaban J connectivity index is 1.46. The third-order valence-corrected chi connectivity index (χ3v) is 4.36. The summed E-state index contributed by atoms with van der Waals surface area (Å²) in [5.74, 6) is 0.674. The van der Waals surface area contributed by atoms with E-state index in [9.17, 15) is 9.18 Å². The summed E-state index contributed by atoms with van der Waals surface area (Å²) in [4.78, 5) is 20.5. The van der Waals surface area contributed by atoms with Gasteiger partial charge in [0.2, 0.25) is 5.91 Å². The van der Waals surface area contributed by atoms with Gasteiger partial charge < -0.3 is 10.1 Å². The van der Waals surface area contributed by atoms with Crippen LogP contribution < -0.4 is 10.1 Å². The standard InChI is InChI=1S/C19H16FN3O2S/c20-16-4-1-2-5-17(16)26-13-10-18(24)23-14-6-8-15(9-7-14)25-19-21-11-3-12-22-19/h1-9,11-12H,10,13H2,(H,23,24). The Morgan fingerprint density at radius 2 is 1.77 bits per heavy atom. The number of thioether (sulfide) groups is 1. The van der Waals surface area contributed by atoms with E-state index in [1.54, 1.807) is 60.9 Å². The molecule has 0 saturated heterocycles. The second-order valence-corrected chi connectivity index (χ2v) is 6.37. The molecule has 0 bridgehead atoms. The largest absolute Gasteiger partial charge is 0.424 e. The summed E-state index contributed by atoms with van der Waals surface area (Å²) >= 11 is 1.32. The molecule has 3 rings (SSSR count). The fourth-order valence-electron chi connectivity index (χ4n) is 2.09. The lowest BCUT2D eigenvalue weighted by atomic mass is 10.3. The van der Waals surface area contributed by atoms with Crippen molar-refractivity contribution in [3.63, 3.8) is 0 Å². The third-order valence-electron chi connectivity index (χ3n) is 3.31. The van der Waals surface area contributed by atoms with Crippen molar-refractivity contribution >= 4 is 23.4 Å². The minimum atomic E-state index is -0.268. The first-order valence-electron chi connectivity index (χ1n) is 7.93. The van der Waals surface area contributed by atoms with Crippen LogP contribution in [0.5, 0.6) is 11.8 Å². The van der Waals surface area contributed by atoms with Crippen LogP contribution in [0.1, 0.15) is 6.42 Å². The van der Waals surface area contributed by atoms with Crippen LogP contribution in [-0.4, -0.2) is 21.6 Å². The van der Waals surface area contributed by atoms with Gasteiger partial charge in [0.25, 0.3) is 0 Å². The van der Waals surface area contributed by atoms with Crippen molar-refractivity contribution in [2.24, 2.45) is 0 Å². The Morgan fingerprint density at radius 3 is 2.50 bits per heavy atom. The number of carbonyl (C=O) groups is 1. The highest BCUT2D eigenvalue weighted by atomic mass is 32.2. The number of halogens is 1. The number of nitrogens with zero attached hydrogens (tertiary/aromatic N) is 2. The molecule has 0 radical (unpaired) electrons. The van der Waals surface area contributed by atoms with Gasteiger partial charge in [-0.05, 0) is 42.5 Å². The Hall–Kier alpha value is -2.93. The summed E-state index contributed by atoms with van der Waals surface area (Å²) in [5.41, 5.74) is 0.659. The van der Waals surface area contributed by atoms with E-state index in [1.165, 1.54) is 17.8 Å². The van der Waals surface area contributed by atoms with Gasteiger partial charge in [0.15, 0.2) is 0 Å². The van der Waals surface area contributed by atoms with Crippen LogP contribution in [0, 0.1) is 5.82 Å². The molecule has 0 aliphatic carbocycles. The smallest absolute Gasteiger partial charge is 0.321 e. The number of amides is 1. The maximum Gasteiger partial charge on any atom is 0.321 e. The second-order valence-electron chi connectivity index (χ2n) is 5.23. The Bertz CT molecular complexity index is 860. The Morgan fingerprint density at radius 1 is 1.04 bits per heavy atom. The van der Waals surface area contributed by atoms with Crippen molar-refractivity contribution in [1.82, 2.24) is 9.97 Å². The number of anilines is 1. The zero-order valence-corrected chi connectivity index (χ0v) is 14.6. The number of hydrogen-bond acceptors (Lipinski definition) is 5. The van der Waals surface area contributed by atoms with Crippen LogP contribution in [0.25, 0.3) is 0 Å². The van der Waals surface area contributed by atoms with Gasteiger partial charge in [-0.1, -0.05) is 12.1 Å². The molecule has 1 heterocycles. The predicted molar refractivity (Wildman–Crippen MR) is 98.9 cm³/mol. The molecule has 26 heavy (non-hydrogen) atoms. The van der Waals surface area contributed by atoms with Gasteiger partial charge in [-0.2, -0.15) is 0 Å². The van der Waals surface area contributed by atoms with E-state index >= 15 is 0 Å². The van der Waals surface area contributed by atoms with E-state index in [0.717, 1.165) is 0 Å². The van der Waals surface area contributed by atoms with Crippen LogP contribution in [-0.2, 0) is 4.79 Å². The molecule has 1 N–H and O–H groups in total. The predicted octanol–water partition coefficient (Wildman–Crippen LogP) is 4.53. The molecule has 0 spiro atoms. The van der Waals surface area contributed by atoms with Crippen LogP contribution in [0.4, 0.5) is 10.1 Å². The van der Waals surface area contributed by atoms with Crippen LogP contribution in [0.15, 0.2) is 71.9 Å². The fourth-order valence-corrected chi connectivity index (χ4v) is 2.98. The second kappa shape index (κ2) is 8.96. The highest BCUT2D eigenvalue weighted by Crippen LogP contribution is 2.23. The van der Waals surface area contributed by atoms with Crippen molar-refractivity contribution in [1.29, 1.82) is 0 Å². The molecule has 5 nitrogen and oxygen atoms in total. The minimum Gasteiger partial charge on any atom is -0.424 e. The monoisotopic (exact) mass is 369 g/mol. The van der Waals surface area contributed by atoms with E-state index in [1.807, 2.05) is 0 Å². The quantitative estimate of drug-likeness (QED) is 0.620. The van der Waals surface area contributed by atoms with Crippen LogP contribution in [0.2, 0.25) is 0 Å². The molecule has 0 fully saturated rings. The van der Waals surface area contributed by atoms with E-state index in [0.29, 0.717) is 22.1 Å². The van der Waals surface area contributed by atoms with Gasteiger partial charge in [0.1, 0.15) is 11.6 Å². The molecule has 0 aliphatic rings. The van der Waals surface area contributed by atoms with E-state index in [4.69, 9.17) is 4.74 Å². The molecular formula is C19H16FN3O2S. The van der Waals surface area contributed by atoms with Gasteiger partial charge in [-0.3, -0.25) is 4.79 Å². The topological polar surface area (TPSA) is 64.1 Å². The lowest BCUT2D eigenvalue weighted by molar-refractivity contribution is -0.115. The van der Waals surface area contributed by atoms with Crippen molar-refractivity contribution < 1.29 is 13.9 Å². The van der Waals surface area contributed by atoms with E-state index < -0.39 is 0 Å². The molecule has 1 aromatic heterocycles. The average molecular weight is 369 g/mol. The van der Waals surface area contributed by atoms with Gasteiger partial charge >= 0.3 is 6.01 Å². The molecule has 0 unspecified atom stereocenters. The molecule has 7 heteroatoms. The minimum absolute atomic E-state index is 0.131. The molecule has 3 aromatic rings. The van der Waals surface area contributed by atoms with Crippen molar-refractivity contribution in [3.8, 4) is 11.8 Å². The summed E-state index contributed by atoms with van der Waals surface area (Å²) in [6, 6.07) is 15.4. The fraction of sp³-hybridized carbons (Fsp3) is 0.105. The third kappa shape index (κ3) is 5.29. The summed E-state index contributed by atoms with van der Waals surface area (Å²) in [6.07, 6.45) is 3.47. The van der Waals surface area contributed by atoms with E-state index in [-0.39, 0.29) is 24.2 Å². The first-order valence-corrected chi connectivity index (χ1v) is 8.91. The molecule has 2 aromatic carbocycles. The molecule has 1 amide bonds. The highest BCUT2D eigenvalue weighted by molar-refractivity contribution is 7.99. The summed E-state index contributed by atoms with van der Waals surface area (Å²) in [5, 5.41) is 2.80. The Kier molecular flexibility index (Phi) is 6.16. The van der Waals surface area contributed by atoms with Gasteiger partial charge in [-0.15, -0.1) is 11.8 Å². The maximum atomic E-state index is 13.5. The lowest BCUT2D eigenvalue weighted by Gasteiger charge is -2.07. The van der Waals surface area contributed by atoms with Gasteiger partial charge in [-0.25, -0.2) is 14.4 Å². The highest BCUT2D eigenvalue weighted by Gasteiger charge is 2.06. The summed E-state index contributed by atoms with van der Waals surface area (Å²) in [6.45, 7) is 0. The van der Waals surface area contributed by atoms with Crippen molar-refractivity contribution in [2.75, 3.05) is 11.1 Å². The van der Waals surface area contributed by atoms with Crippen molar-refractivity contribution in [2.45, 2.75) is 11.3 Å². The number of carbonyl (C=O) groups excluding carboxylic acids is 1. The van der Waals surface area contributed by atoms with Gasteiger partial charge in [0, 0.05) is 35.2 Å². The number of nitrogens with one attached hydrogen (secondary N) is 1. The molecule has 132 valence electrons. The van der Waals surface area contributed by atoms with E-state index in [2.05, 4.69) is 15.3 Å². The first-order chi connectivity index (χ1) is 12.7. The lowest BCUT2D eigenvalue weighted by Crippen LogP contribution is -2.12. The van der Waals surface area contributed by atoms with Gasteiger partial charge in [0.05, 0.1) is 0 Å². The molecule has 0 saturated carbocycles. The Labute approximate surface area is 154 Å². The number of ether oxygens (including phenoxy) is 1. The SMILES string of the molecule is O=C(CCSc1ccccc1F)Nc1ccc(Oc2ncccn2)cc1. The molecule has 0 aliphatic heterocycles. The number of benzene rings is 2. The molecular weight excluding hydrogens is 353 g/mol. The number of rotatable bonds is 7. The van der Waals surface area contributed by atoms with Crippen LogP contribution in [0.3, 0.4) is 0 Å². The average Bonchev–Trinajstić information content (AvgIpc) is 2.66. The molecule has 0 atom stereocenters. The maximum absolute atomic E-state index is 13.5. The summed E-state index contributed by atoms with van der Waals surface area (Å²) in [7, 11) is 0.